The SMILES string of the molecule is CON(C)C(=O)/C=C/c1csc(N(C(C)=O)c2ccccc2F)n1. The van der Waals surface area contributed by atoms with Crippen LogP contribution in [0, 0.1) is 5.82 Å². The van der Waals surface area contributed by atoms with E-state index in [4.69, 9.17) is 4.84 Å². The molecular weight excluding hydrogens is 333 g/mol. The van der Waals surface area contributed by atoms with Gasteiger partial charge in [-0.05, 0) is 18.2 Å². The van der Waals surface area contributed by atoms with E-state index in [1.54, 1.807) is 17.5 Å². The summed E-state index contributed by atoms with van der Waals surface area (Å²) < 4.78 is 14.0. The summed E-state index contributed by atoms with van der Waals surface area (Å²) in [5.74, 6) is -1.23. The molecule has 1 heterocycles. The molecule has 126 valence electrons. The zero-order valence-corrected chi connectivity index (χ0v) is 14.2. The van der Waals surface area contributed by atoms with Crippen molar-refractivity contribution in [2.45, 2.75) is 6.92 Å². The second kappa shape index (κ2) is 7.80. The minimum atomic E-state index is -0.517. The Labute approximate surface area is 142 Å². The molecule has 2 amide bonds. The van der Waals surface area contributed by atoms with Gasteiger partial charge in [-0.3, -0.25) is 19.3 Å². The minimum Gasteiger partial charge on any atom is -0.274 e. The number of rotatable bonds is 5. The lowest BCUT2D eigenvalue weighted by Crippen LogP contribution is -2.23. The average Bonchev–Trinajstić information content (AvgIpc) is 3.02. The van der Waals surface area contributed by atoms with E-state index in [2.05, 4.69) is 4.98 Å². The van der Waals surface area contributed by atoms with Crippen molar-refractivity contribution in [1.29, 1.82) is 0 Å². The predicted molar refractivity (Wildman–Crippen MR) is 90.1 cm³/mol. The van der Waals surface area contributed by atoms with Gasteiger partial charge in [0.15, 0.2) is 5.13 Å². The van der Waals surface area contributed by atoms with Gasteiger partial charge in [0.1, 0.15) is 5.82 Å². The molecular formula is C16H16FN3O3S. The van der Waals surface area contributed by atoms with Gasteiger partial charge in [0, 0.05) is 25.4 Å². The fraction of sp³-hybridized carbons (Fsp3) is 0.188. The highest BCUT2D eigenvalue weighted by Crippen LogP contribution is 2.30. The number of halogens is 1. The number of para-hydroxylation sites is 1. The number of hydroxylamine groups is 2. The van der Waals surface area contributed by atoms with Crippen LogP contribution in [0.15, 0.2) is 35.7 Å². The maximum absolute atomic E-state index is 14.0. The number of hydrogen-bond donors (Lipinski definition) is 0. The van der Waals surface area contributed by atoms with Crippen molar-refractivity contribution in [3.63, 3.8) is 0 Å². The van der Waals surface area contributed by atoms with E-state index >= 15 is 0 Å². The molecule has 0 saturated heterocycles. The van der Waals surface area contributed by atoms with E-state index in [1.165, 1.54) is 61.6 Å². The molecule has 6 nitrogen and oxygen atoms in total. The largest absolute Gasteiger partial charge is 0.274 e. The second-order valence-electron chi connectivity index (χ2n) is 4.71. The second-order valence-corrected chi connectivity index (χ2v) is 5.55. The number of aromatic nitrogens is 1. The monoisotopic (exact) mass is 349 g/mol. The molecule has 0 N–H and O–H groups in total. The van der Waals surface area contributed by atoms with E-state index in [-0.39, 0.29) is 17.5 Å². The molecule has 1 aromatic heterocycles. The third-order valence-electron chi connectivity index (χ3n) is 3.09. The Bertz CT molecular complexity index is 775. The Balaban J connectivity index is 2.27. The van der Waals surface area contributed by atoms with Crippen LogP contribution in [0.5, 0.6) is 0 Å². The first kappa shape index (κ1) is 17.8. The Morgan fingerprint density at radius 2 is 2.04 bits per heavy atom. The molecule has 1 aromatic carbocycles. The smallest absolute Gasteiger partial charge is 0.269 e. The summed E-state index contributed by atoms with van der Waals surface area (Å²) in [6, 6.07) is 5.97. The van der Waals surface area contributed by atoms with Crippen LogP contribution in [0.3, 0.4) is 0 Å². The molecule has 0 aliphatic heterocycles. The number of thiazole rings is 1. The molecule has 24 heavy (non-hydrogen) atoms. The normalized spacial score (nSPS) is 10.8. The lowest BCUT2D eigenvalue weighted by Gasteiger charge is -2.18. The van der Waals surface area contributed by atoms with Crippen LogP contribution in [-0.4, -0.2) is 36.0 Å². The quantitative estimate of drug-likeness (QED) is 0.615. The third kappa shape index (κ3) is 4.03. The molecule has 0 bridgehead atoms. The van der Waals surface area contributed by atoms with E-state index in [0.29, 0.717) is 10.8 Å². The number of benzene rings is 1. The van der Waals surface area contributed by atoms with Gasteiger partial charge >= 0.3 is 0 Å². The first-order chi connectivity index (χ1) is 11.4. The van der Waals surface area contributed by atoms with Crippen LogP contribution < -0.4 is 4.90 Å². The number of likely N-dealkylation sites (N-methyl/N-ethyl adjacent to an activating group) is 1. The number of carbonyl (C=O) groups is 2. The highest BCUT2D eigenvalue weighted by molar-refractivity contribution is 7.14. The topological polar surface area (TPSA) is 62.7 Å². The van der Waals surface area contributed by atoms with Crippen molar-refractivity contribution in [2.24, 2.45) is 0 Å². The van der Waals surface area contributed by atoms with E-state index < -0.39 is 5.82 Å². The zero-order chi connectivity index (χ0) is 17.7. The van der Waals surface area contributed by atoms with Crippen molar-refractivity contribution in [3.8, 4) is 0 Å². The van der Waals surface area contributed by atoms with Crippen molar-refractivity contribution < 1.29 is 18.8 Å². The fourth-order valence-corrected chi connectivity index (χ4v) is 2.70. The van der Waals surface area contributed by atoms with Crippen LogP contribution >= 0.6 is 11.3 Å². The molecule has 2 rings (SSSR count). The summed E-state index contributed by atoms with van der Waals surface area (Å²) in [6.45, 7) is 1.33. The molecule has 0 radical (unpaired) electrons. The summed E-state index contributed by atoms with van der Waals surface area (Å²) in [4.78, 5) is 33.8. The van der Waals surface area contributed by atoms with Gasteiger partial charge in [0.25, 0.3) is 5.91 Å². The van der Waals surface area contributed by atoms with Gasteiger partial charge in [-0.1, -0.05) is 12.1 Å². The highest BCUT2D eigenvalue weighted by Gasteiger charge is 2.20. The standard InChI is InChI=1S/C16H16FN3O3S/c1-11(21)20(14-7-5-4-6-13(14)17)16-18-12(10-24-16)8-9-15(22)19(2)23-3/h4-10H,1-3H3/b9-8+. The lowest BCUT2D eigenvalue weighted by atomic mass is 10.3. The van der Waals surface area contributed by atoms with Gasteiger partial charge < -0.3 is 0 Å². The third-order valence-corrected chi connectivity index (χ3v) is 3.93. The van der Waals surface area contributed by atoms with Crippen LogP contribution in [0.25, 0.3) is 6.08 Å². The number of carbonyl (C=O) groups excluding carboxylic acids is 2. The van der Waals surface area contributed by atoms with Crippen LogP contribution in [0.2, 0.25) is 0 Å². The average molecular weight is 349 g/mol. The molecule has 0 atom stereocenters. The Morgan fingerprint density at radius 3 is 2.67 bits per heavy atom. The van der Waals surface area contributed by atoms with Gasteiger partial charge in [-0.25, -0.2) is 14.4 Å². The molecule has 2 aromatic rings. The van der Waals surface area contributed by atoms with Crippen molar-refractivity contribution in [1.82, 2.24) is 10.0 Å². The number of nitrogens with zero attached hydrogens (tertiary/aromatic N) is 3. The van der Waals surface area contributed by atoms with Crippen LogP contribution in [-0.2, 0) is 14.4 Å². The minimum absolute atomic E-state index is 0.130. The molecule has 0 spiro atoms. The summed E-state index contributed by atoms with van der Waals surface area (Å²) in [5.41, 5.74) is 0.612. The van der Waals surface area contributed by atoms with Crippen LogP contribution in [0.4, 0.5) is 15.2 Å². The van der Waals surface area contributed by atoms with E-state index in [0.717, 1.165) is 5.06 Å². The Morgan fingerprint density at radius 1 is 1.33 bits per heavy atom. The van der Waals surface area contributed by atoms with E-state index in [9.17, 15) is 14.0 Å². The molecule has 8 heteroatoms. The van der Waals surface area contributed by atoms with Crippen molar-refractivity contribution >= 4 is 40.0 Å². The molecule has 0 aliphatic rings. The van der Waals surface area contributed by atoms with Gasteiger partial charge in [-0.15, -0.1) is 11.3 Å². The Kier molecular flexibility index (Phi) is 5.78. The fourth-order valence-electron chi connectivity index (χ4n) is 1.85. The van der Waals surface area contributed by atoms with Crippen LogP contribution in [0.1, 0.15) is 12.6 Å². The number of amides is 2. The number of anilines is 2. The summed E-state index contributed by atoms with van der Waals surface area (Å²) in [7, 11) is 2.86. The Hall–Kier alpha value is -2.58. The van der Waals surface area contributed by atoms with Gasteiger partial charge in [0.2, 0.25) is 5.91 Å². The highest BCUT2D eigenvalue weighted by atomic mass is 32.1. The van der Waals surface area contributed by atoms with Gasteiger partial charge in [0.05, 0.1) is 18.5 Å². The predicted octanol–water partition coefficient (Wildman–Crippen LogP) is 3.00. The molecule has 0 saturated carbocycles. The van der Waals surface area contributed by atoms with E-state index in [1.807, 2.05) is 0 Å². The molecule has 0 aliphatic carbocycles. The van der Waals surface area contributed by atoms with Gasteiger partial charge in [-0.2, -0.15) is 0 Å². The van der Waals surface area contributed by atoms with Crippen molar-refractivity contribution in [2.75, 3.05) is 19.1 Å². The number of hydrogen-bond acceptors (Lipinski definition) is 5. The first-order valence-corrected chi connectivity index (χ1v) is 7.82. The molecule has 0 fully saturated rings. The maximum atomic E-state index is 14.0. The zero-order valence-electron chi connectivity index (χ0n) is 13.4. The summed E-state index contributed by atoms with van der Waals surface area (Å²) in [5, 5.41) is 3.05. The van der Waals surface area contributed by atoms with Crippen molar-refractivity contribution in [3.05, 3.63) is 47.2 Å². The summed E-state index contributed by atoms with van der Waals surface area (Å²) in [6.07, 6.45) is 2.79. The molecule has 0 unspecified atom stereocenters. The summed E-state index contributed by atoms with van der Waals surface area (Å²) >= 11 is 1.18. The maximum Gasteiger partial charge on any atom is 0.269 e. The first-order valence-electron chi connectivity index (χ1n) is 6.94. The lowest BCUT2D eigenvalue weighted by molar-refractivity contribution is -0.162.